The van der Waals surface area contributed by atoms with E-state index in [-0.39, 0.29) is 29.2 Å². The van der Waals surface area contributed by atoms with Gasteiger partial charge in [-0.1, -0.05) is 43.3 Å². The molecule has 0 radical (unpaired) electrons. The lowest BCUT2D eigenvalue weighted by molar-refractivity contribution is 0.0175. The molecule has 0 aliphatic rings. The van der Waals surface area contributed by atoms with Gasteiger partial charge in [-0.3, -0.25) is 9.69 Å². The number of hydrogen-bond acceptors (Lipinski definition) is 7. The maximum Gasteiger partial charge on any atom is 0.410 e. The van der Waals surface area contributed by atoms with Crippen molar-refractivity contribution in [3.05, 3.63) is 53.2 Å². The first-order valence-electron chi connectivity index (χ1n) is 11.2. The van der Waals surface area contributed by atoms with Crippen molar-refractivity contribution in [1.29, 1.82) is 0 Å². The van der Waals surface area contributed by atoms with Gasteiger partial charge in [0.1, 0.15) is 17.9 Å². The van der Waals surface area contributed by atoms with Crippen LogP contribution >= 0.6 is 0 Å². The van der Waals surface area contributed by atoms with Crippen LogP contribution < -0.4 is 11.1 Å². The first-order valence-corrected chi connectivity index (χ1v) is 11.2. The van der Waals surface area contributed by atoms with Crippen LogP contribution in [0.1, 0.15) is 74.6 Å². The molecule has 10 heteroatoms. The quantitative estimate of drug-likeness (QED) is 0.218. The number of oxime groups is 1. The zero-order valence-electron chi connectivity index (χ0n) is 20.7. The van der Waals surface area contributed by atoms with Gasteiger partial charge < -0.3 is 25.4 Å². The van der Waals surface area contributed by atoms with Gasteiger partial charge in [-0.2, -0.15) is 0 Å². The highest BCUT2D eigenvalue weighted by Crippen LogP contribution is 2.28. The number of nitrogens with one attached hydrogen (secondary N) is 1. The third-order valence-corrected chi connectivity index (χ3v) is 4.94. The fourth-order valence-electron chi connectivity index (χ4n) is 3.19. The molecule has 1 aromatic heterocycles. The number of carbonyl (C=O) groups excluding carboxylic acids is 2. The van der Waals surface area contributed by atoms with Crippen LogP contribution in [0.2, 0.25) is 0 Å². The van der Waals surface area contributed by atoms with E-state index in [1.807, 2.05) is 26.0 Å². The number of aromatic nitrogens is 1. The van der Waals surface area contributed by atoms with Gasteiger partial charge in [0.05, 0.1) is 0 Å². The summed E-state index contributed by atoms with van der Waals surface area (Å²) in [6.45, 7) is 9.86. The molecular weight excluding hydrogens is 438 g/mol. The summed E-state index contributed by atoms with van der Waals surface area (Å²) < 4.78 is 11.1. The number of amidine groups is 1. The van der Waals surface area contributed by atoms with Crippen molar-refractivity contribution in [2.45, 2.75) is 59.1 Å². The first kappa shape index (κ1) is 26.7. The number of amides is 2. The molecule has 0 fully saturated rings. The van der Waals surface area contributed by atoms with Crippen LogP contribution in [0, 0.1) is 5.92 Å². The minimum Gasteiger partial charge on any atom is -0.446 e. The summed E-state index contributed by atoms with van der Waals surface area (Å²) in [5.41, 5.74) is 6.66. The molecule has 1 heterocycles. The Kier molecular flexibility index (Phi) is 9.05. The summed E-state index contributed by atoms with van der Waals surface area (Å²) in [5, 5.41) is 14.5. The van der Waals surface area contributed by atoms with Crippen molar-refractivity contribution in [2.24, 2.45) is 16.8 Å². The van der Waals surface area contributed by atoms with E-state index >= 15 is 0 Å². The van der Waals surface area contributed by atoms with E-state index in [1.54, 1.807) is 40.0 Å². The van der Waals surface area contributed by atoms with Gasteiger partial charge >= 0.3 is 6.09 Å². The van der Waals surface area contributed by atoms with Crippen molar-refractivity contribution >= 4 is 17.8 Å². The Morgan fingerprint density at radius 1 is 1.26 bits per heavy atom. The van der Waals surface area contributed by atoms with Crippen molar-refractivity contribution in [2.75, 3.05) is 13.6 Å². The highest BCUT2D eigenvalue weighted by atomic mass is 16.6. The van der Waals surface area contributed by atoms with Crippen molar-refractivity contribution < 1.29 is 24.0 Å². The monoisotopic (exact) mass is 473 g/mol. The van der Waals surface area contributed by atoms with Crippen LogP contribution in [0.25, 0.3) is 0 Å². The molecule has 1 atom stereocenters. The standard InChI is InChI=1S/C24H35N5O5/c1-15(2)13-19(29(6)23(31)34-24(3,4)5)22-27-18(14-33-22)21(30)26-12-11-16-7-9-17(10-8-16)20(25)28-32/h7-10,14-15,19,32H,11-13H2,1-6H3,(H2,25,28)(H,26,30). The molecule has 2 aromatic rings. The van der Waals surface area contributed by atoms with E-state index < -0.39 is 17.7 Å². The van der Waals surface area contributed by atoms with Crippen LogP contribution in [-0.4, -0.2) is 52.1 Å². The second-order valence-electron chi connectivity index (χ2n) is 9.50. The molecule has 34 heavy (non-hydrogen) atoms. The Labute approximate surface area is 200 Å². The molecule has 0 bridgehead atoms. The van der Waals surface area contributed by atoms with Crippen LogP contribution in [-0.2, 0) is 11.2 Å². The second-order valence-corrected chi connectivity index (χ2v) is 9.50. The molecular formula is C24H35N5O5. The van der Waals surface area contributed by atoms with Gasteiger partial charge in [0.15, 0.2) is 11.5 Å². The summed E-state index contributed by atoms with van der Waals surface area (Å²) in [7, 11) is 1.64. The molecule has 0 aliphatic carbocycles. The second kappa shape index (κ2) is 11.5. The molecule has 1 aromatic carbocycles. The smallest absolute Gasteiger partial charge is 0.410 e. The zero-order chi connectivity index (χ0) is 25.5. The SMILES string of the molecule is CC(C)CC(c1nc(C(=O)NCCc2ccc(/C(N)=N/O)cc2)co1)N(C)C(=O)OC(C)(C)C. The average molecular weight is 474 g/mol. The van der Waals surface area contributed by atoms with Crippen LogP contribution in [0.15, 0.2) is 40.1 Å². The number of carbonyl (C=O) groups is 2. The normalized spacial score (nSPS) is 13.0. The lowest BCUT2D eigenvalue weighted by Crippen LogP contribution is -2.37. The topological polar surface area (TPSA) is 143 Å². The maximum absolute atomic E-state index is 12.6. The first-order chi connectivity index (χ1) is 15.9. The number of rotatable bonds is 9. The lowest BCUT2D eigenvalue weighted by Gasteiger charge is -2.30. The van der Waals surface area contributed by atoms with Crippen LogP contribution in [0.3, 0.4) is 0 Å². The van der Waals surface area contributed by atoms with E-state index in [0.717, 1.165) is 5.56 Å². The Balaban J connectivity index is 2.01. The Bertz CT molecular complexity index is 992. The molecule has 0 aliphatic heterocycles. The lowest BCUT2D eigenvalue weighted by atomic mass is 10.0. The molecule has 10 nitrogen and oxygen atoms in total. The molecule has 4 N–H and O–H groups in total. The minimum atomic E-state index is -0.630. The largest absolute Gasteiger partial charge is 0.446 e. The van der Waals surface area contributed by atoms with Gasteiger partial charge in [-0.05, 0) is 45.1 Å². The van der Waals surface area contributed by atoms with Gasteiger partial charge in [0, 0.05) is 19.2 Å². The van der Waals surface area contributed by atoms with E-state index in [2.05, 4.69) is 15.5 Å². The summed E-state index contributed by atoms with van der Waals surface area (Å²) in [6.07, 6.45) is 2.00. The van der Waals surface area contributed by atoms with E-state index in [1.165, 1.54) is 11.2 Å². The van der Waals surface area contributed by atoms with E-state index in [4.69, 9.17) is 20.1 Å². The van der Waals surface area contributed by atoms with E-state index in [9.17, 15) is 9.59 Å². The fourth-order valence-corrected chi connectivity index (χ4v) is 3.19. The number of nitrogens with two attached hydrogens (primary N) is 1. The third-order valence-electron chi connectivity index (χ3n) is 4.94. The fraction of sp³-hybridized carbons (Fsp3) is 0.500. The predicted molar refractivity (Wildman–Crippen MR) is 128 cm³/mol. The number of benzene rings is 1. The minimum absolute atomic E-state index is 0.0368. The molecule has 2 amide bonds. The Hall–Kier alpha value is -3.56. The molecule has 2 rings (SSSR count). The highest BCUT2D eigenvalue weighted by molar-refractivity contribution is 5.97. The Morgan fingerprint density at radius 2 is 1.91 bits per heavy atom. The molecule has 1 unspecified atom stereocenters. The van der Waals surface area contributed by atoms with Gasteiger partial charge in [0.25, 0.3) is 5.91 Å². The molecule has 0 saturated carbocycles. The number of nitrogens with zero attached hydrogens (tertiary/aromatic N) is 3. The highest BCUT2D eigenvalue weighted by Gasteiger charge is 2.30. The maximum atomic E-state index is 12.6. The molecule has 0 spiro atoms. The molecule has 0 saturated heterocycles. The van der Waals surface area contributed by atoms with Crippen LogP contribution in [0.5, 0.6) is 0 Å². The zero-order valence-corrected chi connectivity index (χ0v) is 20.7. The third kappa shape index (κ3) is 7.79. The molecule has 186 valence electrons. The van der Waals surface area contributed by atoms with Crippen molar-refractivity contribution in [3.63, 3.8) is 0 Å². The summed E-state index contributed by atoms with van der Waals surface area (Å²) in [5.74, 6) is 0.205. The average Bonchev–Trinajstić information content (AvgIpc) is 3.25. The summed E-state index contributed by atoms with van der Waals surface area (Å²) in [4.78, 5) is 30.9. The number of ether oxygens (including phenoxy) is 1. The van der Waals surface area contributed by atoms with Crippen LogP contribution in [0.4, 0.5) is 4.79 Å². The Morgan fingerprint density at radius 3 is 2.47 bits per heavy atom. The van der Waals surface area contributed by atoms with Gasteiger partial charge in [0.2, 0.25) is 5.89 Å². The van der Waals surface area contributed by atoms with Gasteiger partial charge in [-0.25, -0.2) is 9.78 Å². The number of hydrogen-bond donors (Lipinski definition) is 3. The number of oxazole rings is 1. The van der Waals surface area contributed by atoms with E-state index in [0.29, 0.717) is 24.9 Å². The summed E-state index contributed by atoms with van der Waals surface area (Å²) >= 11 is 0. The van der Waals surface area contributed by atoms with Crippen molar-refractivity contribution in [3.8, 4) is 0 Å². The summed E-state index contributed by atoms with van der Waals surface area (Å²) in [6, 6.07) is 6.70. The predicted octanol–water partition coefficient (Wildman–Crippen LogP) is 3.70. The van der Waals surface area contributed by atoms with Gasteiger partial charge in [-0.15, -0.1) is 0 Å². The van der Waals surface area contributed by atoms with Crippen molar-refractivity contribution in [1.82, 2.24) is 15.2 Å².